The lowest BCUT2D eigenvalue weighted by Crippen LogP contribution is -2.50. The molecule has 1 aliphatic carbocycles. The Balaban J connectivity index is 1.78. The quantitative estimate of drug-likeness (QED) is 0.615. The number of carbonyl (C=O) groups is 4. The van der Waals surface area contributed by atoms with E-state index in [-0.39, 0.29) is 18.4 Å². The van der Waals surface area contributed by atoms with Gasteiger partial charge in [0.15, 0.2) is 0 Å². The summed E-state index contributed by atoms with van der Waals surface area (Å²) in [5.74, 6) is -0.780. The molecule has 3 amide bonds. The number of allylic oxidation sites excluding steroid dienone is 3. The summed E-state index contributed by atoms with van der Waals surface area (Å²) >= 11 is 0. The lowest BCUT2D eigenvalue weighted by Gasteiger charge is -2.33. The van der Waals surface area contributed by atoms with Gasteiger partial charge in [0, 0.05) is 26.2 Å². The number of nitrogens with one attached hydrogen (secondary N) is 1. The van der Waals surface area contributed by atoms with E-state index in [0.717, 1.165) is 0 Å². The van der Waals surface area contributed by atoms with Crippen LogP contribution in [0.15, 0.2) is 24.0 Å². The highest BCUT2D eigenvalue weighted by Gasteiger charge is 2.27. The Hall–Kier alpha value is -3.04. The van der Waals surface area contributed by atoms with Gasteiger partial charge in [0.05, 0.1) is 6.61 Å². The maximum atomic E-state index is 12.3. The second-order valence-electron chi connectivity index (χ2n) is 6.41. The van der Waals surface area contributed by atoms with E-state index >= 15 is 0 Å². The molecule has 2 atom stereocenters. The summed E-state index contributed by atoms with van der Waals surface area (Å²) in [5, 5.41) is 11.3. The second-order valence-corrected chi connectivity index (χ2v) is 6.41. The van der Waals surface area contributed by atoms with Gasteiger partial charge in [-0.1, -0.05) is 6.08 Å². The Morgan fingerprint density at radius 1 is 1.25 bits per heavy atom. The highest BCUT2D eigenvalue weighted by Crippen LogP contribution is 2.22. The molecule has 2 rings (SSSR count). The van der Waals surface area contributed by atoms with E-state index in [1.165, 1.54) is 4.90 Å². The van der Waals surface area contributed by atoms with Crippen LogP contribution in [0.1, 0.15) is 19.8 Å². The largest absolute Gasteiger partial charge is 0.480 e. The Bertz CT molecular complexity index is 654. The van der Waals surface area contributed by atoms with Crippen molar-refractivity contribution in [3.63, 3.8) is 0 Å². The first-order valence-electron chi connectivity index (χ1n) is 9.13. The van der Waals surface area contributed by atoms with Crippen molar-refractivity contribution in [1.29, 1.82) is 0 Å². The smallest absolute Gasteiger partial charge is 0.415 e. The van der Waals surface area contributed by atoms with Gasteiger partial charge >= 0.3 is 18.2 Å². The molecule has 1 unspecified atom stereocenters. The number of rotatable bonds is 7. The van der Waals surface area contributed by atoms with Gasteiger partial charge in [-0.25, -0.2) is 14.4 Å². The predicted octanol–water partition coefficient (Wildman–Crippen LogP) is 0.946. The molecule has 0 aromatic heterocycles. The lowest BCUT2D eigenvalue weighted by atomic mass is 9.93. The van der Waals surface area contributed by atoms with Crippen LogP contribution in [0.4, 0.5) is 9.59 Å². The minimum Gasteiger partial charge on any atom is -0.480 e. The average molecular weight is 395 g/mol. The molecular weight excluding hydrogens is 370 g/mol. The van der Waals surface area contributed by atoms with Crippen molar-refractivity contribution in [2.24, 2.45) is 5.92 Å². The highest BCUT2D eigenvalue weighted by atomic mass is 16.6. The molecule has 10 heteroatoms. The zero-order chi connectivity index (χ0) is 20.5. The third-order valence-corrected chi connectivity index (χ3v) is 4.53. The number of amides is 3. The maximum Gasteiger partial charge on any atom is 0.415 e. The van der Waals surface area contributed by atoms with Crippen molar-refractivity contribution >= 4 is 24.6 Å². The summed E-state index contributed by atoms with van der Waals surface area (Å²) in [6.07, 6.45) is 5.35. The summed E-state index contributed by atoms with van der Waals surface area (Å²) in [6, 6.07) is -0.958. The van der Waals surface area contributed by atoms with Crippen molar-refractivity contribution in [3.8, 4) is 0 Å². The minimum atomic E-state index is -1.09. The van der Waals surface area contributed by atoms with Crippen LogP contribution in [0.5, 0.6) is 0 Å². The van der Waals surface area contributed by atoms with Crippen LogP contribution in [0, 0.1) is 5.92 Å². The normalized spacial score (nSPS) is 20.0. The third-order valence-electron chi connectivity index (χ3n) is 4.53. The zero-order valence-corrected chi connectivity index (χ0v) is 15.7. The van der Waals surface area contributed by atoms with E-state index in [4.69, 9.17) is 14.6 Å². The van der Waals surface area contributed by atoms with Crippen molar-refractivity contribution in [2.75, 3.05) is 32.8 Å². The fraction of sp³-hybridized carbons (Fsp3) is 0.556. The summed E-state index contributed by atoms with van der Waals surface area (Å²) in [5.41, 5.74) is 0. The van der Waals surface area contributed by atoms with Gasteiger partial charge < -0.3 is 29.7 Å². The van der Waals surface area contributed by atoms with Crippen LogP contribution < -0.4 is 5.32 Å². The van der Waals surface area contributed by atoms with Crippen molar-refractivity contribution in [2.45, 2.75) is 25.8 Å². The van der Waals surface area contributed by atoms with E-state index in [0.29, 0.717) is 51.4 Å². The number of hydrogen-bond donors (Lipinski definition) is 2. The minimum absolute atomic E-state index is 0.0795. The molecule has 10 nitrogen and oxygen atoms in total. The monoisotopic (exact) mass is 395 g/mol. The van der Waals surface area contributed by atoms with Crippen LogP contribution in [0.3, 0.4) is 0 Å². The molecule has 154 valence electrons. The first-order valence-corrected chi connectivity index (χ1v) is 9.13. The summed E-state index contributed by atoms with van der Waals surface area (Å²) in [7, 11) is 0. The third kappa shape index (κ3) is 6.00. The Morgan fingerprint density at radius 2 is 1.89 bits per heavy atom. The molecule has 28 heavy (non-hydrogen) atoms. The molecule has 0 spiro atoms. The summed E-state index contributed by atoms with van der Waals surface area (Å²) < 4.78 is 10.3. The maximum absolute atomic E-state index is 12.3. The molecule has 2 N–H and O–H groups in total. The molecule has 0 saturated carbocycles. The predicted molar refractivity (Wildman–Crippen MR) is 97.2 cm³/mol. The summed E-state index contributed by atoms with van der Waals surface area (Å²) in [6.45, 7) is 3.52. The first-order chi connectivity index (χ1) is 13.4. The molecule has 2 aliphatic rings. The van der Waals surface area contributed by atoms with Gasteiger partial charge in [-0.2, -0.15) is 0 Å². The van der Waals surface area contributed by atoms with Crippen LogP contribution in [-0.4, -0.2) is 78.3 Å². The van der Waals surface area contributed by atoms with Crippen LogP contribution in [-0.2, 0) is 19.1 Å². The topological polar surface area (TPSA) is 125 Å². The fourth-order valence-electron chi connectivity index (χ4n) is 2.97. The van der Waals surface area contributed by atoms with E-state index in [1.807, 2.05) is 0 Å². The number of carbonyl (C=O) groups excluding carboxylic acids is 3. The van der Waals surface area contributed by atoms with Gasteiger partial charge in [-0.15, -0.1) is 0 Å². The fourth-order valence-corrected chi connectivity index (χ4v) is 2.97. The average Bonchev–Trinajstić information content (AvgIpc) is 2.69. The zero-order valence-electron chi connectivity index (χ0n) is 15.7. The van der Waals surface area contributed by atoms with Crippen molar-refractivity contribution < 1.29 is 33.8 Å². The standard InChI is InChI=1S/C18H25N3O7/c1-2-27-17(25)20-7-9-21(10-8-20)18(26)28-14-5-3-13(4-6-14)11-15(16(23)24)19-12-22/h3,5-6,12-13,15H,2,4,7-11H2,1H3,(H,19,22)(H,23,24)/t13?,15-/m0/s1. The Kier molecular flexibility index (Phi) is 7.85. The van der Waals surface area contributed by atoms with Crippen molar-refractivity contribution in [1.82, 2.24) is 15.1 Å². The van der Waals surface area contributed by atoms with Crippen LogP contribution >= 0.6 is 0 Å². The van der Waals surface area contributed by atoms with E-state index < -0.39 is 18.1 Å². The van der Waals surface area contributed by atoms with Gasteiger partial charge in [0.1, 0.15) is 11.8 Å². The van der Waals surface area contributed by atoms with Crippen LogP contribution in [0.25, 0.3) is 0 Å². The molecule has 0 radical (unpaired) electrons. The van der Waals surface area contributed by atoms with Gasteiger partial charge in [-0.05, 0) is 37.8 Å². The van der Waals surface area contributed by atoms with Gasteiger partial charge in [0.25, 0.3) is 0 Å². The number of piperazine rings is 1. The van der Waals surface area contributed by atoms with E-state index in [1.54, 1.807) is 30.1 Å². The molecule has 0 aromatic rings. The lowest BCUT2D eigenvalue weighted by molar-refractivity contribution is -0.141. The number of carboxylic acids is 1. The van der Waals surface area contributed by atoms with Crippen molar-refractivity contribution in [3.05, 3.63) is 24.0 Å². The summed E-state index contributed by atoms with van der Waals surface area (Å²) in [4.78, 5) is 48.6. The van der Waals surface area contributed by atoms with Gasteiger partial charge in [-0.3, -0.25) is 4.79 Å². The van der Waals surface area contributed by atoms with E-state index in [9.17, 15) is 19.2 Å². The number of hydrogen-bond acceptors (Lipinski definition) is 6. The molecule has 0 bridgehead atoms. The number of aliphatic carboxylic acids is 1. The Morgan fingerprint density at radius 3 is 2.39 bits per heavy atom. The van der Waals surface area contributed by atoms with E-state index in [2.05, 4.69) is 5.32 Å². The SMILES string of the molecule is CCOC(=O)N1CCN(C(=O)OC2=CCC(C[C@H](NC=O)C(=O)O)C=C2)CC1. The number of carboxylic acid groups (broad SMARTS) is 1. The van der Waals surface area contributed by atoms with Gasteiger partial charge in [0.2, 0.25) is 6.41 Å². The number of ether oxygens (including phenoxy) is 2. The highest BCUT2D eigenvalue weighted by molar-refractivity contribution is 5.76. The Labute approximate surface area is 162 Å². The molecule has 1 saturated heterocycles. The van der Waals surface area contributed by atoms with Crippen LogP contribution in [0.2, 0.25) is 0 Å². The molecule has 0 aromatic carbocycles. The molecule has 1 fully saturated rings. The first kappa shape index (κ1) is 21.3. The molecule has 1 aliphatic heterocycles. The number of nitrogens with zero attached hydrogens (tertiary/aromatic N) is 2. The second kappa shape index (κ2) is 10.3. The molecule has 1 heterocycles. The molecular formula is C18H25N3O7.